The van der Waals surface area contributed by atoms with Gasteiger partial charge in [0.15, 0.2) is 0 Å². The standard InChI is InChI=1S/C8H9NO2.ClH/c9-7(8(10)11)6-4-2-1-3-5-6;/h1-5,7H,9H2,(H,10,11);1H/t7-;/m1./s1. The Bertz CT molecular complexity index is 250. The third kappa shape index (κ3) is 2.53. The summed E-state index contributed by atoms with van der Waals surface area (Å²) in [5, 5.41) is 8.57. The lowest BCUT2D eigenvalue weighted by molar-refractivity contribution is -0.413. The van der Waals surface area contributed by atoms with E-state index in [0.29, 0.717) is 0 Å². The lowest BCUT2D eigenvalue weighted by Gasteiger charge is -2.01. The number of carboxylic acid groups (broad SMARTS) is 1. The molecule has 0 aromatic heterocycles. The van der Waals surface area contributed by atoms with E-state index in [-0.39, 0.29) is 12.4 Å². The van der Waals surface area contributed by atoms with E-state index >= 15 is 0 Å². The van der Waals surface area contributed by atoms with Crippen molar-refractivity contribution in [2.45, 2.75) is 6.04 Å². The molecular formula is C8H10ClNO2. The molecule has 0 aliphatic rings. The number of aliphatic carboxylic acids is 1. The Balaban J connectivity index is 0.00000121. The molecule has 4 N–H and O–H groups in total. The van der Waals surface area contributed by atoms with Crippen LogP contribution in [0.1, 0.15) is 11.6 Å². The largest absolute Gasteiger partial charge is 1.00 e. The van der Waals surface area contributed by atoms with Crippen LogP contribution in [-0.2, 0) is 4.79 Å². The second-order valence-electron chi connectivity index (χ2n) is 2.30. The molecule has 12 heavy (non-hydrogen) atoms. The topological polar surface area (TPSA) is 64.9 Å². The second kappa shape index (κ2) is 4.74. The number of carbonyl (C=O) groups is 1. The van der Waals surface area contributed by atoms with Gasteiger partial charge in [-0.3, -0.25) is 0 Å². The van der Waals surface area contributed by atoms with Crippen LogP contribution in [0.4, 0.5) is 0 Å². The molecule has 0 radical (unpaired) electrons. The number of halogens is 1. The van der Waals surface area contributed by atoms with E-state index < -0.39 is 12.0 Å². The number of benzene rings is 1. The molecule has 1 atom stereocenters. The van der Waals surface area contributed by atoms with Crippen LogP contribution in [0.2, 0.25) is 0 Å². The van der Waals surface area contributed by atoms with Crippen LogP contribution in [0.3, 0.4) is 0 Å². The van der Waals surface area contributed by atoms with Crippen LogP contribution in [0.15, 0.2) is 30.3 Å². The highest BCUT2D eigenvalue weighted by Gasteiger charge is 2.16. The molecule has 0 bridgehead atoms. The molecule has 1 rings (SSSR count). The van der Waals surface area contributed by atoms with Gasteiger partial charge in [0.25, 0.3) is 0 Å². The van der Waals surface area contributed by atoms with Crippen molar-refractivity contribution in [3.05, 3.63) is 35.9 Å². The summed E-state index contributed by atoms with van der Waals surface area (Å²) in [7, 11) is 0. The fourth-order valence-electron chi connectivity index (χ4n) is 0.828. The Morgan fingerprint density at radius 1 is 1.33 bits per heavy atom. The van der Waals surface area contributed by atoms with Crippen molar-refractivity contribution in [1.29, 1.82) is 0 Å². The maximum absolute atomic E-state index is 10.4. The zero-order valence-corrected chi connectivity index (χ0v) is 7.16. The number of rotatable bonds is 2. The normalized spacial score (nSPS) is 11.4. The zero-order chi connectivity index (χ0) is 8.27. The van der Waals surface area contributed by atoms with Crippen LogP contribution in [0.25, 0.3) is 0 Å². The van der Waals surface area contributed by atoms with E-state index in [4.69, 9.17) is 5.11 Å². The first-order valence-electron chi connectivity index (χ1n) is 3.32. The van der Waals surface area contributed by atoms with Gasteiger partial charge in [-0.15, -0.1) is 0 Å². The average molecular weight is 188 g/mol. The van der Waals surface area contributed by atoms with Crippen LogP contribution >= 0.6 is 0 Å². The molecule has 0 amide bonds. The predicted molar refractivity (Wildman–Crippen MR) is 39.7 cm³/mol. The molecule has 0 unspecified atom stereocenters. The molecular weight excluding hydrogens is 178 g/mol. The summed E-state index contributed by atoms with van der Waals surface area (Å²) >= 11 is 0. The van der Waals surface area contributed by atoms with E-state index in [9.17, 15) is 4.79 Å². The minimum absolute atomic E-state index is 0. The lowest BCUT2D eigenvalue weighted by atomic mass is 10.1. The van der Waals surface area contributed by atoms with E-state index in [1.54, 1.807) is 24.3 Å². The third-order valence-electron chi connectivity index (χ3n) is 1.50. The molecule has 0 fully saturated rings. The Morgan fingerprint density at radius 3 is 2.25 bits per heavy atom. The molecule has 3 nitrogen and oxygen atoms in total. The van der Waals surface area contributed by atoms with E-state index in [2.05, 4.69) is 5.73 Å². The van der Waals surface area contributed by atoms with Gasteiger partial charge in [0, 0.05) is 5.56 Å². The number of hydrogen-bond acceptors (Lipinski definition) is 1. The molecule has 0 aliphatic heterocycles. The van der Waals surface area contributed by atoms with Gasteiger partial charge in [-0.2, -0.15) is 0 Å². The summed E-state index contributed by atoms with van der Waals surface area (Å²) in [6.07, 6.45) is 0. The molecule has 1 aromatic carbocycles. The van der Waals surface area contributed by atoms with Crippen molar-refractivity contribution < 1.29 is 28.0 Å². The Hall–Kier alpha value is -1.06. The number of carboxylic acids is 1. The van der Waals surface area contributed by atoms with Crippen molar-refractivity contribution in [3.63, 3.8) is 0 Å². The van der Waals surface area contributed by atoms with Gasteiger partial charge in [0.05, 0.1) is 0 Å². The average Bonchev–Trinajstić information content (AvgIpc) is 2.05. The molecule has 0 spiro atoms. The van der Waals surface area contributed by atoms with E-state index in [1.807, 2.05) is 6.07 Å². The van der Waals surface area contributed by atoms with E-state index in [1.165, 1.54) is 0 Å². The molecule has 0 heterocycles. The summed E-state index contributed by atoms with van der Waals surface area (Å²) in [6.45, 7) is 0. The highest BCUT2D eigenvalue weighted by molar-refractivity contribution is 5.73. The summed E-state index contributed by atoms with van der Waals surface area (Å²) in [5.74, 6) is -0.892. The predicted octanol–water partition coefficient (Wildman–Crippen LogP) is -2.94. The first-order chi connectivity index (χ1) is 5.22. The van der Waals surface area contributed by atoms with Crippen molar-refractivity contribution in [2.24, 2.45) is 0 Å². The van der Waals surface area contributed by atoms with E-state index in [0.717, 1.165) is 5.56 Å². The molecule has 4 heteroatoms. The smallest absolute Gasteiger partial charge is 0.367 e. The van der Waals surface area contributed by atoms with Gasteiger partial charge in [-0.1, -0.05) is 30.3 Å². The Labute approximate surface area is 76.6 Å². The summed E-state index contributed by atoms with van der Waals surface area (Å²) in [4.78, 5) is 10.4. The van der Waals surface area contributed by atoms with Crippen molar-refractivity contribution in [1.82, 2.24) is 0 Å². The zero-order valence-electron chi connectivity index (χ0n) is 6.40. The molecule has 66 valence electrons. The minimum Gasteiger partial charge on any atom is -1.00 e. The monoisotopic (exact) mass is 187 g/mol. The molecule has 0 saturated carbocycles. The third-order valence-corrected chi connectivity index (χ3v) is 1.50. The summed E-state index contributed by atoms with van der Waals surface area (Å²) in [5.41, 5.74) is 4.24. The van der Waals surface area contributed by atoms with Crippen LogP contribution < -0.4 is 18.1 Å². The first-order valence-corrected chi connectivity index (χ1v) is 3.32. The first kappa shape index (κ1) is 10.9. The van der Waals surface area contributed by atoms with Crippen LogP contribution in [-0.4, -0.2) is 11.1 Å². The van der Waals surface area contributed by atoms with Gasteiger partial charge in [0.1, 0.15) is 0 Å². The lowest BCUT2D eigenvalue weighted by Crippen LogP contribution is -3.00. The summed E-state index contributed by atoms with van der Waals surface area (Å²) in [6, 6.07) is 8.30. The fraction of sp³-hybridized carbons (Fsp3) is 0.125. The maximum atomic E-state index is 10.4. The number of hydrogen-bond donors (Lipinski definition) is 2. The van der Waals surface area contributed by atoms with Gasteiger partial charge >= 0.3 is 5.97 Å². The SMILES string of the molecule is [Cl-].[NH3+][C@@H](C(=O)O)c1ccccc1. The molecule has 1 aromatic rings. The van der Waals surface area contributed by atoms with Crippen LogP contribution in [0.5, 0.6) is 0 Å². The second-order valence-corrected chi connectivity index (χ2v) is 2.30. The van der Waals surface area contributed by atoms with Gasteiger partial charge in [-0.05, 0) is 0 Å². The minimum atomic E-state index is -0.892. The van der Waals surface area contributed by atoms with Gasteiger partial charge in [-0.25, -0.2) is 4.79 Å². The quantitative estimate of drug-likeness (QED) is 0.521. The van der Waals surface area contributed by atoms with Crippen LogP contribution in [0, 0.1) is 0 Å². The Kier molecular flexibility index (Phi) is 4.33. The van der Waals surface area contributed by atoms with Gasteiger partial charge < -0.3 is 23.2 Å². The van der Waals surface area contributed by atoms with Crippen molar-refractivity contribution >= 4 is 5.97 Å². The Morgan fingerprint density at radius 2 is 1.83 bits per heavy atom. The van der Waals surface area contributed by atoms with Crippen molar-refractivity contribution in [2.75, 3.05) is 0 Å². The number of quaternary nitrogens is 1. The fourth-order valence-corrected chi connectivity index (χ4v) is 0.828. The van der Waals surface area contributed by atoms with Gasteiger partial charge in [0.2, 0.25) is 6.04 Å². The highest BCUT2D eigenvalue weighted by Crippen LogP contribution is 2.06. The molecule has 0 saturated heterocycles. The van der Waals surface area contributed by atoms with Crippen molar-refractivity contribution in [3.8, 4) is 0 Å². The highest BCUT2D eigenvalue weighted by atomic mass is 35.5. The summed E-state index contributed by atoms with van der Waals surface area (Å²) < 4.78 is 0. The maximum Gasteiger partial charge on any atom is 0.367 e. The molecule has 0 aliphatic carbocycles.